The predicted octanol–water partition coefficient (Wildman–Crippen LogP) is 3.39. The topological polar surface area (TPSA) is 25.8 Å². The van der Waals surface area contributed by atoms with Crippen molar-refractivity contribution in [3.63, 3.8) is 0 Å². The summed E-state index contributed by atoms with van der Waals surface area (Å²) in [4.78, 5) is 4.29. The van der Waals surface area contributed by atoms with Crippen molar-refractivity contribution < 1.29 is 0 Å². The van der Waals surface area contributed by atoms with Gasteiger partial charge in [0, 0.05) is 34.0 Å². The molecule has 5 heteroatoms. The number of halogens is 2. The van der Waals surface area contributed by atoms with Gasteiger partial charge in [0.05, 0.1) is 0 Å². The maximum atomic E-state index is 5.79. The first-order chi connectivity index (χ1) is 6.74. The molecule has 0 radical (unpaired) electrons. The molecule has 0 unspecified atom stereocenters. The molecule has 0 aliphatic carbocycles. The lowest BCUT2D eigenvalue weighted by Crippen LogP contribution is -1.86. The molecule has 1 aromatic heterocycles. The molecule has 2 aromatic rings. The number of rotatable bonds is 2. The molecule has 0 atom stereocenters. The molecule has 0 N–H and O–H groups in total. The van der Waals surface area contributed by atoms with Crippen molar-refractivity contribution in [1.82, 2.24) is 9.36 Å². The fourth-order valence-electron chi connectivity index (χ4n) is 1.08. The van der Waals surface area contributed by atoms with E-state index in [9.17, 15) is 0 Å². The summed E-state index contributed by atoms with van der Waals surface area (Å²) in [6.07, 6.45) is 0.831. The number of nitrogens with zero attached hydrogens (tertiary/aromatic N) is 2. The van der Waals surface area contributed by atoms with Gasteiger partial charge in [-0.2, -0.15) is 4.37 Å². The van der Waals surface area contributed by atoms with Gasteiger partial charge in [-0.3, -0.25) is 0 Å². The third-order valence-corrected chi connectivity index (χ3v) is 3.48. The van der Waals surface area contributed by atoms with Crippen molar-refractivity contribution in [3.8, 4) is 0 Å². The van der Waals surface area contributed by atoms with E-state index in [1.54, 1.807) is 0 Å². The van der Waals surface area contributed by atoms with Gasteiger partial charge in [-0.25, -0.2) is 4.98 Å². The van der Waals surface area contributed by atoms with Crippen LogP contribution in [0, 0.1) is 3.83 Å². The predicted molar refractivity (Wildman–Crippen MR) is 66.9 cm³/mol. The van der Waals surface area contributed by atoms with Gasteiger partial charge in [-0.1, -0.05) is 23.7 Å². The van der Waals surface area contributed by atoms with Crippen LogP contribution in [-0.2, 0) is 6.42 Å². The number of hydrogen-bond donors (Lipinski definition) is 0. The van der Waals surface area contributed by atoms with Gasteiger partial charge >= 0.3 is 0 Å². The first kappa shape index (κ1) is 10.3. The monoisotopic (exact) mass is 336 g/mol. The molecule has 0 spiro atoms. The van der Waals surface area contributed by atoms with Gasteiger partial charge in [0.2, 0.25) is 3.83 Å². The highest BCUT2D eigenvalue weighted by Gasteiger charge is 2.02. The zero-order valence-electron chi connectivity index (χ0n) is 7.08. The highest BCUT2D eigenvalue weighted by molar-refractivity contribution is 14.1. The van der Waals surface area contributed by atoms with Gasteiger partial charge in [0.15, 0.2) is 0 Å². The van der Waals surface area contributed by atoms with E-state index in [2.05, 4.69) is 31.9 Å². The Labute approximate surface area is 105 Å². The van der Waals surface area contributed by atoms with Crippen LogP contribution in [0.1, 0.15) is 10.6 Å². The average Bonchev–Trinajstić information content (AvgIpc) is 2.56. The molecule has 72 valence electrons. The second-order valence-corrected chi connectivity index (χ2v) is 5.00. The van der Waals surface area contributed by atoms with Crippen LogP contribution in [0.4, 0.5) is 0 Å². The summed E-state index contributed by atoms with van der Waals surface area (Å²) in [5.74, 6) is 0. The van der Waals surface area contributed by atoms with Gasteiger partial charge in [0.25, 0.3) is 0 Å². The Morgan fingerprint density at radius 1 is 1.29 bits per heavy atom. The lowest BCUT2D eigenvalue weighted by Gasteiger charge is -1.96. The Morgan fingerprint density at radius 2 is 2.00 bits per heavy atom. The fraction of sp³-hybridized carbons (Fsp3) is 0.111. The van der Waals surface area contributed by atoms with Crippen molar-refractivity contribution in [3.05, 3.63) is 43.7 Å². The standard InChI is InChI=1S/C9H6ClIN2S/c10-7-3-1-6(2-4-7)5-8-12-9(11)13-14-8/h1-4H,5H2. The van der Waals surface area contributed by atoms with E-state index in [-0.39, 0.29) is 0 Å². The van der Waals surface area contributed by atoms with Crippen LogP contribution < -0.4 is 0 Å². The van der Waals surface area contributed by atoms with Gasteiger partial charge in [-0.15, -0.1) is 0 Å². The fourth-order valence-corrected chi connectivity index (χ4v) is 2.54. The molecule has 1 heterocycles. The minimum absolute atomic E-state index is 0.764. The molecule has 0 fully saturated rings. The third-order valence-electron chi connectivity index (χ3n) is 1.71. The van der Waals surface area contributed by atoms with Crippen LogP contribution in [0.25, 0.3) is 0 Å². The highest BCUT2D eigenvalue weighted by atomic mass is 127. The minimum atomic E-state index is 0.764. The molecule has 0 bridgehead atoms. The van der Waals surface area contributed by atoms with E-state index >= 15 is 0 Å². The molecule has 2 rings (SSSR count). The van der Waals surface area contributed by atoms with E-state index < -0.39 is 0 Å². The quantitative estimate of drug-likeness (QED) is 0.786. The first-order valence-electron chi connectivity index (χ1n) is 3.96. The van der Waals surface area contributed by atoms with Crippen LogP contribution in [0.15, 0.2) is 24.3 Å². The Morgan fingerprint density at radius 3 is 2.57 bits per heavy atom. The van der Waals surface area contributed by atoms with E-state index in [1.165, 1.54) is 17.1 Å². The van der Waals surface area contributed by atoms with Crippen molar-refractivity contribution in [2.45, 2.75) is 6.42 Å². The largest absolute Gasteiger partial charge is 0.214 e. The molecule has 0 aliphatic rings. The first-order valence-corrected chi connectivity index (χ1v) is 6.19. The van der Waals surface area contributed by atoms with E-state index in [0.29, 0.717) is 0 Å². The highest BCUT2D eigenvalue weighted by Crippen LogP contribution is 2.15. The molecule has 1 aromatic carbocycles. The number of aromatic nitrogens is 2. The van der Waals surface area contributed by atoms with E-state index in [4.69, 9.17) is 11.6 Å². The number of hydrogen-bond acceptors (Lipinski definition) is 3. The van der Waals surface area contributed by atoms with E-state index in [0.717, 1.165) is 20.3 Å². The van der Waals surface area contributed by atoms with Crippen molar-refractivity contribution in [1.29, 1.82) is 0 Å². The van der Waals surface area contributed by atoms with Crippen LogP contribution in [-0.4, -0.2) is 9.36 Å². The normalized spacial score (nSPS) is 10.4. The van der Waals surface area contributed by atoms with Crippen LogP contribution in [0.3, 0.4) is 0 Å². The van der Waals surface area contributed by atoms with Gasteiger partial charge < -0.3 is 0 Å². The molecular formula is C9H6ClIN2S. The van der Waals surface area contributed by atoms with Gasteiger partial charge in [-0.05, 0) is 29.2 Å². The van der Waals surface area contributed by atoms with Crippen molar-refractivity contribution in [2.75, 3.05) is 0 Å². The van der Waals surface area contributed by atoms with Crippen molar-refractivity contribution in [2.24, 2.45) is 0 Å². The maximum Gasteiger partial charge on any atom is 0.203 e. The zero-order valence-corrected chi connectivity index (χ0v) is 10.8. The van der Waals surface area contributed by atoms with Gasteiger partial charge in [0.1, 0.15) is 5.01 Å². The molecular weight excluding hydrogens is 331 g/mol. The molecule has 0 aliphatic heterocycles. The SMILES string of the molecule is Clc1ccc(Cc2nc(I)ns2)cc1. The Kier molecular flexibility index (Phi) is 3.35. The second kappa shape index (κ2) is 4.55. The van der Waals surface area contributed by atoms with Crippen LogP contribution in [0.5, 0.6) is 0 Å². The summed E-state index contributed by atoms with van der Waals surface area (Å²) in [6.45, 7) is 0. The summed E-state index contributed by atoms with van der Waals surface area (Å²) in [5.41, 5.74) is 1.21. The Balaban J connectivity index is 2.15. The third kappa shape index (κ3) is 2.65. The Hall–Kier alpha value is -0.200. The van der Waals surface area contributed by atoms with Crippen LogP contribution in [0.2, 0.25) is 5.02 Å². The minimum Gasteiger partial charge on any atom is -0.214 e. The zero-order chi connectivity index (χ0) is 9.97. The summed E-state index contributed by atoms with van der Waals surface area (Å²) in [7, 11) is 0. The number of benzene rings is 1. The van der Waals surface area contributed by atoms with Crippen molar-refractivity contribution >= 4 is 45.7 Å². The molecule has 0 saturated heterocycles. The summed E-state index contributed by atoms with van der Waals surface area (Å²) < 4.78 is 4.94. The maximum absolute atomic E-state index is 5.79. The lowest BCUT2D eigenvalue weighted by atomic mass is 10.2. The molecule has 14 heavy (non-hydrogen) atoms. The molecule has 0 amide bonds. The van der Waals surface area contributed by atoms with Crippen LogP contribution >= 0.6 is 45.7 Å². The molecule has 2 nitrogen and oxygen atoms in total. The second-order valence-electron chi connectivity index (χ2n) is 2.76. The smallest absolute Gasteiger partial charge is 0.203 e. The summed E-state index contributed by atoms with van der Waals surface area (Å²) in [5, 5.41) is 1.80. The summed E-state index contributed by atoms with van der Waals surface area (Å²) in [6, 6.07) is 7.80. The average molecular weight is 337 g/mol. The van der Waals surface area contributed by atoms with E-state index in [1.807, 2.05) is 24.3 Å². The Bertz CT molecular complexity index is 427. The molecule has 0 saturated carbocycles. The lowest BCUT2D eigenvalue weighted by molar-refractivity contribution is 1.10. The summed E-state index contributed by atoms with van der Waals surface area (Å²) >= 11 is 9.35.